The number of likely N-dealkylation sites (tertiary alicyclic amines) is 1. The largest absolute Gasteiger partial charge is 0.496 e. The highest BCUT2D eigenvalue weighted by molar-refractivity contribution is 5.87. The van der Waals surface area contributed by atoms with Crippen LogP contribution in [0.1, 0.15) is 18.9 Å². The number of hydrogen-bond donors (Lipinski definition) is 1. The van der Waals surface area contributed by atoms with Crippen molar-refractivity contribution < 1.29 is 4.74 Å². The van der Waals surface area contributed by atoms with Crippen LogP contribution in [0.5, 0.6) is 5.75 Å². The van der Waals surface area contributed by atoms with Gasteiger partial charge in [-0.25, -0.2) is 0 Å². The Labute approximate surface area is 138 Å². The van der Waals surface area contributed by atoms with Crippen LogP contribution in [0.15, 0.2) is 36.4 Å². The van der Waals surface area contributed by atoms with E-state index >= 15 is 0 Å². The Hall–Kier alpha value is -1.29. The third-order valence-corrected chi connectivity index (χ3v) is 4.70. The van der Waals surface area contributed by atoms with Gasteiger partial charge in [0, 0.05) is 24.7 Å². The smallest absolute Gasteiger partial charge is 0.123 e. The molecule has 0 spiro atoms. The molecule has 2 aromatic rings. The lowest BCUT2D eigenvalue weighted by Gasteiger charge is -2.23. The molecule has 2 aromatic carbocycles. The van der Waals surface area contributed by atoms with Gasteiger partial charge in [0.15, 0.2) is 0 Å². The Kier molecular flexibility index (Phi) is 5.68. The van der Waals surface area contributed by atoms with E-state index in [2.05, 4.69) is 48.2 Å². The number of benzene rings is 2. The van der Waals surface area contributed by atoms with Crippen LogP contribution in [0, 0.1) is 5.92 Å². The van der Waals surface area contributed by atoms with Crippen molar-refractivity contribution in [3.63, 3.8) is 0 Å². The summed E-state index contributed by atoms with van der Waals surface area (Å²) in [5, 5.41) is 2.57. The van der Waals surface area contributed by atoms with Crippen LogP contribution < -0.4 is 10.5 Å². The Morgan fingerprint density at radius 3 is 2.68 bits per heavy atom. The van der Waals surface area contributed by atoms with Gasteiger partial charge in [0.05, 0.1) is 7.11 Å². The second-order valence-electron chi connectivity index (χ2n) is 6.08. The minimum atomic E-state index is 0. The first kappa shape index (κ1) is 17.1. The zero-order valence-corrected chi connectivity index (χ0v) is 14.1. The minimum Gasteiger partial charge on any atom is -0.496 e. The van der Waals surface area contributed by atoms with Crippen LogP contribution in [0.4, 0.5) is 0 Å². The molecule has 0 amide bonds. The van der Waals surface area contributed by atoms with Crippen LogP contribution in [-0.2, 0) is 6.54 Å². The van der Waals surface area contributed by atoms with E-state index in [0.29, 0.717) is 12.0 Å². The lowest BCUT2D eigenvalue weighted by molar-refractivity contribution is 0.252. The molecule has 2 N–H and O–H groups in total. The normalized spacial score (nSPS) is 21.8. The van der Waals surface area contributed by atoms with Gasteiger partial charge in [-0.05, 0) is 42.6 Å². The number of ether oxygens (including phenoxy) is 1. The summed E-state index contributed by atoms with van der Waals surface area (Å²) < 4.78 is 5.60. The van der Waals surface area contributed by atoms with Gasteiger partial charge in [-0.3, -0.25) is 4.90 Å². The van der Waals surface area contributed by atoms with Gasteiger partial charge >= 0.3 is 0 Å². The SMILES string of the molecule is COc1ccc2ccccc2c1CN1CC(CN)CC1C.Cl. The van der Waals surface area contributed by atoms with Gasteiger partial charge in [0.1, 0.15) is 5.75 Å². The van der Waals surface area contributed by atoms with Crippen molar-refractivity contribution >= 4 is 23.2 Å². The van der Waals surface area contributed by atoms with Gasteiger partial charge in [-0.2, -0.15) is 0 Å². The molecular formula is C18H25ClN2O. The van der Waals surface area contributed by atoms with Gasteiger partial charge < -0.3 is 10.5 Å². The average Bonchev–Trinajstić information content (AvgIpc) is 2.88. The Morgan fingerprint density at radius 1 is 1.23 bits per heavy atom. The van der Waals surface area contributed by atoms with Crippen molar-refractivity contribution in [1.29, 1.82) is 0 Å². The maximum absolute atomic E-state index is 5.85. The molecule has 0 aliphatic carbocycles. The first-order chi connectivity index (χ1) is 10.2. The standard InChI is InChI=1S/C18H24N2O.ClH/c1-13-9-14(10-19)11-20(13)12-17-16-6-4-3-5-15(16)7-8-18(17)21-2;/h3-8,13-14H,9-12,19H2,1-2H3;1H. The van der Waals surface area contributed by atoms with Crippen LogP contribution in [0.3, 0.4) is 0 Å². The van der Waals surface area contributed by atoms with Crippen molar-refractivity contribution in [2.45, 2.75) is 25.9 Å². The highest BCUT2D eigenvalue weighted by Crippen LogP contribution is 2.32. The van der Waals surface area contributed by atoms with Crippen molar-refractivity contribution in [3.8, 4) is 5.75 Å². The molecule has 0 bridgehead atoms. The predicted octanol–water partition coefficient (Wildman–Crippen LogP) is 3.44. The number of methoxy groups -OCH3 is 1. The average molecular weight is 321 g/mol. The first-order valence-corrected chi connectivity index (χ1v) is 7.71. The molecule has 3 nitrogen and oxygen atoms in total. The van der Waals surface area contributed by atoms with Gasteiger partial charge in [0.25, 0.3) is 0 Å². The first-order valence-electron chi connectivity index (χ1n) is 7.71. The third-order valence-electron chi connectivity index (χ3n) is 4.70. The third kappa shape index (κ3) is 3.22. The summed E-state index contributed by atoms with van der Waals surface area (Å²) >= 11 is 0. The van der Waals surface area contributed by atoms with Crippen LogP contribution in [0.2, 0.25) is 0 Å². The lowest BCUT2D eigenvalue weighted by atomic mass is 10.0. The number of nitrogens with two attached hydrogens (primary N) is 1. The maximum atomic E-state index is 5.85. The van der Waals surface area contributed by atoms with E-state index in [-0.39, 0.29) is 12.4 Å². The fourth-order valence-corrected chi connectivity index (χ4v) is 3.48. The Bertz CT molecular complexity index is 632. The molecule has 1 aliphatic heterocycles. The molecule has 1 fully saturated rings. The fourth-order valence-electron chi connectivity index (χ4n) is 3.48. The van der Waals surface area contributed by atoms with Gasteiger partial charge in [-0.15, -0.1) is 12.4 Å². The van der Waals surface area contributed by atoms with E-state index in [9.17, 15) is 0 Å². The summed E-state index contributed by atoms with van der Waals surface area (Å²) in [5.41, 5.74) is 7.14. The van der Waals surface area contributed by atoms with Crippen LogP contribution in [0.25, 0.3) is 10.8 Å². The van der Waals surface area contributed by atoms with Crippen LogP contribution in [-0.4, -0.2) is 31.1 Å². The number of rotatable bonds is 4. The molecule has 2 unspecified atom stereocenters. The number of fused-ring (bicyclic) bond motifs is 1. The summed E-state index contributed by atoms with van der Waals surface area (Å²) in [6.07, 6.45) is 1.20. The van der Waals surface area contributed by atoms with Crippen molar-refractivity contribution in [2.75, 3.05) is 20.2 Å². The molecule has 4 heteroatoms. The van der Waals surface area contributed by atoms with E-state index < -0.39 is 0 Å². The summed E-state index contributed by atoms with van der Waals surface area (Å²) in [6, 6.07) is 13.3. The zero-order valence-electron chi connectivity index (χ0n) is 13.3. The molecule has 1 heterocycles. The minimum absolute atomic E-state index is 0. The second-order valence-corrected chi connectivity index (χ2v) is 6.08. The predicted molar refractivity (Wildman–Crippen MR) is 94.8 cm³/mol. The quantitative estimate of drug-likeness (QED) is 0.938. The molecule has 120 valence electrons. The Balaban J connectivity index is 0.00000176. The molecule has 1 aliphatic rings. The van der Waals surface area contributed by atoms with Gasteiger partial charge in [0.2, 0.25) is 0 Å². The van der Waals surface area contributed by atoms with E-state index in [1.165, 1.54) is 22.8 Å². The lowest BCUT2D eigenvalue weighted by Crippen LogP contribution is -2.27. The topological polar surface area (TPSA) is 38.5 Å². The van der Waals surface area contributed by atoms with Crippen molar-refractivity contribution in [2.24, 2.45) is 11.7 Å². The van der Waals surface area contributed by atoms with E-state index in [1.807, 2.05) is 0 Å². The monoisotopic (exact) mass is 320 g/mol. The summed E-state index contributed by atoms with van der Waals surface area (Å²) in [7, 11) is 1.75. The molecule has 1 saturated heterocycles. The van der Waals surface area contributed by atoms with E-state index in [1.54, 1.807) is 7.11 Å². The molecule has 0 aromatic heterocycles. The molecule has 0 radical (unpaired) electrons. The van der Waals surface area contributed by atoms with Crippen molar-refractivity contribution in [3.05, 3.63) is 42.0 Å². The van der Waals surface area contributed by atoms with Crippen molar-refractivity contribution in [1.82, 2.24) is 4.90 Å². The second kappa shape index (κ2) is 7.32. The maximum Gasteiger partial charge on any atom is 0.123 e. The van der Waals surface area contributed by atoms with E-state index in [0.717, 1.165) is 25.4 Å². The highest BCUT2D eigenvalue weighted by Gasteiger charge is 2.28. The number of halogens is 1. The molecule has 2 atom stereocenters. The summed E-state index contributed by atoms with van der Waals surface area (Å²) in [4.78, 5) is 2.53. The fraction of sp³-hybridized carbons (Fsp3) is 0.444. The van der Waals surface area contributed by atoms with Gasteiger partial charge in [-0.1, -0.05) is 30.3 Å². The zero-order chi connectivity index (χ0) is 14.8. The highest BCUT2D eigenvalue weighted by atomic mass is 35.5. The Morgan fingerprint density at radius 2 is 2.00 bits per heavy atom. The number of nitrogens with zero attached hydrogens (tertiary/aromatic N) is 1. The molecule has 3 rings (SSSR count). The van der Waals surface area contributed by atoms with Crippen LogP contribution >= 0.6 is 12.4 Å². The van der Waals surface area contributed by atoms with E-state index in [4.69, 9.17) is 10.5 Å². The molecular weight excluding hydrogens is 296 g/mol. The summed E-state index contributed by atoms with van der Waals surface area (Å²) in [5.74, 6) is 1.61. The number of hydrogen-bond acceptors (Lipinski definition) is 3. The summed E-state index contributed by atoms with van der Waals surface area (Å²) in [6.45, 7) is 5.10. The molecule has 0 saturated carbocycles. The molecule has 22 heavy (non-hydrogen) atoms.